The topological polar surface area (TPSA) is 58.6 Å². The number of rotatable bonds is 7. The number of benzene rings is 1. The van der Waals surface area contributed by atoms with Crippen LogP contribution >= 0.6 is 11.6 Å². The third-order valence-electron chi connectivity index (χ3n) is 3.08. The van der Waals surface area contributed by atoms with Gasteiger partial charge in [0.05, 0.1) is 5.02 Å². The molecule has 19 heavy (non-hydrogen) atoms. The molecule has 0 saturated heterocycles. The number of carbonyl (C=O) groups is 1. The quantitative estimate of drug-likeness (QED) is 0.809. The number of hydrogen-bond donors (Lipinski definition) is 2. The van der Waals surface area contributed by atoms with Crippen molar-refractivity contribution in [1.29, 1.82) is 0 Å². The molecule has 0 saturated carbocycles. The van der Waals surface area contributed by atoms with Crippen molar-refractivity contribution in [3.05, 3.63) is 29.3 Å². The number of nitrogens with one attached hydrogen (secondary N) is 1. The van der Waals surface area contributed by atoms with E-state index in [0.29, 0.717) is 17.2 Å². The lowest BCUT2D eigenvalue weighted by molar-refractivity contribution is -0.125. The molecule has 0 aliphatic carbocycles. The minimum absolute atomic E-state index is 0.0377. The lowest BCUT2D eigenvalue weighted by atomic mass is 9.95. The SMILES string of the molecule is CCC(C)(CCO)NC(=O)COc1ccccc1Cl. The summed E-state index contributed by atoms with van der Waals surface area (Å²) in [7, 11) is 0. The van der Waals surface area contributed by atoms with Crippen molar-refractivity contribution in [3.63, 3.8) is 0 Å². The summed E-state index contributed by atoms with van der Waals surface area (Å²) in [5.41, 5.74) is -0.407. The highest BCUT2D eigenvalue weighted by Crippen LogP contribution is 2.23. The number of aliphatic hydroxyl groups is 1. The molecule has 0 aliphatic rings. The van der Waals surface area contributed by atoms with E-state index in [1.807, 2.05) is 13.8 Å². The van der Waals surface area contributed by atoms with E-state index in [0.717, 1.165) is 6.42 Å². The summed E-state index contributed by atoms with van der Waals surface area (Å²) in [5, 5.41) is 12.3. The van der Waals surface area contributed by atoms with E-state index in [2.05, 4.69) is 5.32 Å². The molecule has 1 atom stereocenters. The predicted molar refractivity (Wildman–Crippen MR) is 75.5 cm³/mol. The van der Waals surface area contributed by atoms with Gasteiger partial charge in [0, 0.05) is 12.1 Å². The van der Waals surface area contributed by atoms with Crippen LogP contribution in [-0.4, -0.2) is 29.8 Å². The molecule has 0 heterocycles. The van der Waals surface area contributed by atoms with E-state index in [1.165, 1.54) is 0 Å². The number of ether oxygens (including phenoxy) is 1. The average molecular weight is 286 g/mol. The first-order valence-electron chi connectivity index (χ1n) is 6.30. The summed E-state index contributed by atoms with van der Waals surface area (Å²) in [5.74, 6) is 0.261. The van der Waals surface area contributed by atoms with E-state index in [4.69, 9.17) is 21.4 Å². The Morgan fingerprint density at radius 3 is 2.74 bits per heavy atom. The van der Waals surface area contributed by atoms with Gasteiger partial charge in [0.15, 0.2) is 6.61 Å². The molecule has 5 heteroatoms. The van der Waals surface area contributed by atoms with E-state index < -0.39 is 5.54 Å². The van der Waals surface area contributed by atoms with Gasteiger partial charge in [-0.05, 0) is 31.9 Å². The second-order valence-electron chi connectivity index (χ2n) is 4.66. The van der Waals surface area contributed by atoms with Gasteiger partial charge in [0.1, 0.15) is 5.75 Å². The number of hydrogen-bond acceptors (Lipinski definition) is 3. The van der Waals surface area contributed by atoms with E-state index in [9.17, 15) is 4.79 Å². The number of para-hydroxylation sites is 1. The Hall–Kier alpha value is -1.26. The van der Waals surface area contributed by atoms with E-state index >= 15 is 0 Å². The summed E-state index contributed by atoms with van der Waals surface area (Å²) < 4.78 is 5.36. The molecule has 0 radical (unpaired) electrons. The van der Waals surface area contributed by atoms with Gasteiger partial charge in [0.25, 0.3) is 5.91 Å². The Balaban J connectivity index is 2.50. The van der Waals surface area contributed by atoms with Crippen molar-refractivity contribution in [2.45, 2.75) is 32.2 Å². The first-order chi connectivity index (χ1) is 9.00. The molecule has 1 aromatic rings. The van der Waals surface area contributed by atoms with Crippen LogP contribution in [0.2, 0.25) is 5.02 Å². The smallest absolute Gasteiger partial charge is 0.258 e. The number of halogens is 1. The standard InChI is InChI=1S/C14H20ClNO3/c1-3-14(2,8-9-17)16-13(18)10-19-12-7-5-4-6-11(12)15/h4-7,17H,3,8-10H2,1-2H3,(H,16,18). The zero-order valence-electron chi connectivity index (χ0n) is 11.3. The fourth-order valence-corrected chi connectivity index (χ4v) is 1.84. The Labute approximate surface area is 118 Å². The van der Waals surface area contributed by atoms with Crippen LogP contribution in [-0.2, 0) is 4.79 Å². The van der Waals surface area contributed by atoms with Gasteiger partial charge in [-0.3, -0.25) is 4.79 Å². The molecule has 1 amide bonds. The zero-order valence-corrected chi connectivity index (χ0v) is 12.0. The Bertz CT molecular complexity index is 425. The summed E-state index contributed by atoms with van der Waals surface area (Å²) in [4.78, 5) is 11.8. The number of carbonyl (C=O) groups excluding carboxylic acids is 1. The highest BCUT2D eigenvalue weighted by molar-refractivity contribution is 6.32. The van der Waals surface area contributed by atoms with Crippen LogP contribution < -0.4 is 10.1 Å². The van der Waals surface area contributed by atoms with Crippen molar-refractivity contribution in [3.8, 4) is 5.75 Å². The highest BCUT2D eigenvalue weighted by atomic mass is 35.5. The molecule has 1 unspecified atom stereocenters. The van der Waals surface area contributed by atoms with Gasteiger partial charge in [-0.25, -0.2) is 0 Å². The molecule has 0 aromatic heterocycles. The minimum Gasteiger partial charge on any atom is -0.482 e. The molecule has 2 N–H and O–H groups in total. The van der Waals surface area contributed by atoms with Gasteiger partial charge in [-0.1, -0.05) is 30.7 Å². The lowest BCUT2D eigenvalue weighted by Crippen LogP contribution is -2.47. The van der Waals surface area contributed by atoms with Gasteiger partial charge < -0.3 is 15.2 Å². The largest absolute Gasteiger partial charge is 0.482 e. The van der Waals surface area contributed by atoms with Crippen LogP contribution in [0.4, 0.5) is 0 Å². The van der Waals surface area contributed by atoms with Crippen molar-refractivity contribution in [2.24, 2.45) is 0 Å². The summed E-state index contributed by atoms with van der Waals surface area (Å²) in [6.07, 6.45) is 1.26. The average Bonchev–Trinajstić information content (AvgIpc) is 2.38. The fourth-order valence-electron chi connectivity index (χ4n) is 1.65. The van der Waals surface area contributed by atoms with Crippen LogP contribution in [0.25, 0.3) is 0 Å². The molecule has 1 rings (SSSR count). The normalized spacial score (nSPS) is 13.7. The third kappa shape index (κ3) is 5.09. The maximum Gasteiger partial charge on any atom is 0.258 e. The predicted octanol–water partition coefficient (Wildman–Crippen LogP) is 2.39. The highest BCUT2D eigenvalue weighted by Gasteiger charge is 2.23. The minimum atomic E-state index is -0.407. The maximum atomic E-state index is 11.8. The monoisotopic (exact) mass is 285 g/mol. The molecule has 0 spiro atoms. The summed E-state index contributed by atoms with van der Waals surface area (Å²) >= 11 is 5.93. The number of amides is 1. The van der Waals surface area contributed by atoms with E-state index in [1.54, 1.807) is 24.3 Å². The zero-order chi connectivity index (χ0) is 14.3. The van der Waals surface area contributed by atoms with Crippen molar-refractivity contribution in [1.82, 2.24) is 5.32 Å². The van der Waals surface area contributed by atoms with E-state index in [-0.39, 0.29) is 19.1 Å². The Kier molecular flexibility index (Phi) is 6.12. The lowest BCUT2D eigenvalue weighted by Gasteiger charge is -2.28. The maximum absolute atomic E-state index is 11.8. The first-order valence-corrected chi connectivity index (χ1v) is 6.68. The Morgan fingerprint density at radius 1 is 1.47 bits per heavy atom. The van der Waals surface area contributed by atoms with Crippen LogP contribution in [0.1, 0.15) is 26.7 Å². The van der Waals surface area contributed by atoms with Crippen molar-refractivity contribution >= 4 is 17.5 Å². The van der Waals surface area contributed by atoms with Crippen LogP contribution in [0.15, 0.2) is 24.3 Å². The third-order valence-corrected chi connectivity index (χ3v) is 3.39. The van der Waals surface area contributed by atoms with Crippen molar-refractivity contribution in [2.75, 3.05) is 13.2 Å². The summed E-state index contributed by atoms with van der Waals surface area (Å²) in [6.45, 7) is 3.81. The van der Waals surface area contributed by atoms with Gasteiger partial charge in [0.2, 0.25) is 0 Å². The molecule has 4 nitrogen and oxygen atoms in total. The molecule has 1 aromatic carbocycles. The molecular weight excluding hydrogens is 266 g/mol. The second-order valence-corrected chi connectivity index (χ2v) is 5.06. The summed E-state index contributed by atoms with van der Waals surface area (Å²) in [6, 6.07) is 7.00. The fraction of sp³-hybridized carbons (Fsp3) is 0.500. The first kappa shape index (κ1) is 15.8. The van der Waals surface area contributed by atoms with Gasteiger partial charge in [-0.2, -0.15) is 0 Å². The second kappa shape index (κ2) is 7.36. The van der Waals surface area contributed by atoms with Crippen LogP contribution in [0, 0.1) is 0 Å². The Morgan fingerprint density at radius 2 is 2.16 bits per heavy atom. The van der Waals surface area contributed by atoms with Gasteiger partial charge in [-0.15, -0.1) is 0 Å². The van der Waals surface area contributed by atoms with Gasteiger partial charge >= 0.3 is 0 Å². The van der Waals surface area contributed by atoms with Crippen LogP contribution in [0.3, 0.4) is 0 Å². The number of aliphatic hydroxyl groups excluding tert-OH is 1. The molecule has 0 aliphatic heterocycles. The van der Waals surface area contributed by atoms with Crippen LogP contribution in [0.5, 0.6) is 5.75 Å². The van der Waals surface area contributed by atoms with Crippen molar-refractivity contribution < 1.29 is 14.6 Å². The molecule has 0 bridgehead atoms. The molecule has 0 fully saturated rings. The molecular formula is C14H20ClNO3. The molecule has 106 valence electrons.